The largest absolute Gasteiger partial charge is 0.310 e. The molecule has 5 heteroatoms. The van der Waals surface area contributed by atoms with E-state index in [1.165, 1.54) is 17.1 Å². The van der Waals surface area contributed by atoms with Gasteiger partial charge in [-0.1, -0.05) is 37.1 Å². The zero-order chi connectivity index (χ0) is 15.3. The molecule has 1 aromatic rings. The maximum Gasteiger partial charge on any atom is 0.219 e. The van der Waals surface area contributed by atoms with Crippen LogP contribution in [0.15, 0.2) is 24.3 Å². The van der Waals surface area contributed by atoms with Crippen LogP contribution in [0.1, 0.15) is 30.9 Å². The van der Waals surface area contributed by atoms with Gasteiger partial charge < -0.3 is 5.32 Å². The van der Waals surface area contributed by atoms with Crippen LogP contribution in [-0.4, -0.2) is 31.9 Å². The predicted octanol–water partition coefficient (Wildman–Crippen LogP) is 1.72. The molecule has 0 radical (unpaired) electrons. The highest BCUT2D eigenvalue weighted by molar-refractivity contribution is 7.88. The van der Waals surface area contributed by atoms with E-state index in [9.17, 15) is 8.42 Å². The zero-order valence-electron chi connectivity index (χ0n) is 12.4. The molecule has 2 rings (SSSR count). The van der Waals surface area contributed by atoms with Crippen LogP contribution >= 0.6 is 0 Å². The Morgan fingerprint density at radius 1 is 1.38 bits per heavy atom. The Hall–Kier alpha value is -1.35. The highest BCUT2D eigenvalue weighted by Crippen LogP contribution is 2.19. The Morgan fingerprint density at radius 3 is 2.71 bits per heavy atom. The van der Waals surface area contributed by atoms with Crippen LogP contribution < -0.4 is 5.32 Å². The van der Waals surface area contributed by atoms with E-state index >= 15 is 0 Å². The first-order chi connectivity index (χ1) is 10.0. The van der Waals surface area contributed by atoms with Gasteiger partial charge in [-0.05, 0) is 24.0 Å². The van der Waals surface area contributed by atoms with E-state index in [1.807, 2.05) is 24.3 Å². The third-order valence-corrected chi connectivity index (χ3v) is 5.40. The topological polar surface area (TPSA) is 49.4 Å². The van der Waals surface area contributed by atoms with Crippen molar-refractivity contribution in [3.8, 4) is 12.3 Å². The molecule has 0 bridgehead atoms. The summed E-state index contributed by atoms with van der Waals surface area (Å²) in [5, 5.41) is 3.43. The number of benzene rings is 1. The van der Waals surface area contributed by atoms with E-state index in [0.717, 1.165) is 17.7 Å². The Bertz CT molecular complexity index is 615. The molecular formula is C16H22N2O2S. The summed E-state index contributed by atoms with van der Waals surface area (Å²) in [5.41, 5.74) is 1.93. The van der Waals surface area contributed by atoms with Crippen molar-refractivity contribution in [3.63, 3.8) is 0 Å². The maximum absolute atomic E-state index is 12.3. The van der Waals surface area contributed by atoms with Crippen molar-refractivity contribution in [2.75, 3.05) is 13.1 Å². The van der Waals surface area contributed by atoms with Crippen LogP contribution in [0, 0.1) is 12.3 Å². The van der Waals surface area contributed by atoms with Crippen molar-refractivity contribution in [2.24, 2.45) is 0 Å². The minimum absolute atomic E-state index is 0.000210. The fraction of sp³-hybridized carbons (Fsp3) is 0.500. The lowest BCUT2D eigenvalue weighted by Crippen LogP contribution is -2.32. The van der Waals surface area contributed by atoms with Crippen LogP contribution in [0.4, 0.5) is 0 Å². The molecule has 1 saturated carbocycles. The summed E-state index contributed by atoms with van der Waals surface area (Å²) in [6.07, 6.45) is 7.71. The fourth-order valence-electron chi connectivity index (χ4n) is 2.19. The molecule has 1 aliphatic carbocycles. The van der Waals surface area contributed by atoms with Crippen molar-refractivity contribution >= 4 is 10.0 Å². The summed E-state index contributed by atoms with van der Waals surface area (Å²) in [6.45, 7) is 3.11. The number of hydrogen-bond donors (Lipinski definition) is 1. The number of rotatable bonds is 8. The summed E-state index contributed by atoms with van der Waals surface area (Å²) < 4.78 is 26.0. The van der Waals surface area contributed by atoms with Crippen molar-refractivity contribution in [3.05, 3.63) is 35.4 Å². The molecule has 1 fully saturated rings. The predicted molar refractivity (Wildman–Crippen MR) is 85.0 cm³/mol. The molecule has 0 saturated heterocycles. The van der Waals surface area contributed by atoms with Crippen molar-refractivity contribution in [2.45, 2.75) is 38.1 Å². The number of nitrogens with one attached hydrogen (secondary N) is 1. The average Bonchev–Trinajstić information content (AvgIpc) is 3.26. The normalized spacial score (nSPS) is 15.1. The molecule has 0 unspecified atom stereocenters. The zero-order valence-corrected chi connectivity index (χ0v) is 13.2. The van der Waals surface area contributed by atoms with Gasteiger partial charge in [0.1, 0.15) is 0 Å². The first kappa shape index (κ1) is 16.0. The van der Waals surface area contributed by atoms with Crippen molar-refractivity contribution in [1.82, 2.24) is 9.62 Å². The van der Waals surface area contributed by atoms with E-state index in [4.69, 9.17) is 6.42 Å². The third-order valence-electron chi connectivity index (χ3n) is 3.53. The van der Waals surface area contributed by atoms with Crippen LogP contribution in [0.2, 0.25) is 0 Å². The summed E-state index contributed by atoms with van der Waals surface area (Å²) in [5.74, 6) is 2.40. The minimum Gasteiger partial charge on any atom is -0.310 e. The van der Waals surface area contributed by atoms with Gasteiger partial charge in [0.15, 0.2) is 0 Å². The Kier molecular flexibility index (Phi) is 5.40. The van der Waals surface area contributed by atoms with E-state index in [2.05, 4.69) is 11.2 Å². The molecule has 0 spiro atoms. The Morgan fingerprint density at radius 2 is 2.10 bits per heavy atom. The first-order valence-electron chi connectivity index (χ1n) is 7.27. The quantitative estimate of drug-likeness (QED) is 0.744. The van der Waals surface area contributed by atoms with Gasteiger partial charge in [-0.2, -0.15) is 4.31 Å². The number of sulfonamides is 1. The van der Waals surface area contributed by atoms with Crippen LogP contribution in [0.25, 0.3) is 0 Å². The van der Waals surface area contributed by atoms with Crippen LogP contribution in [0.3, 0.4) is 0 Å². The van der Waals surface area contributed by atoms with E-state index in [1.54, 1.807) is 6.92 Å². The Labute approximate surface area is 127 Å². The number of hydrogen-bond acceptors (Lipinski definition) is 3. The van der Waals surface area contributed by atoms with Gasteiger partial charge in [0.05, 0.1) is 12.3 Å². The highest BCUT2D eigenvalue weighted by atomic mass is 32.2. The molecule has 0 atom stereocenters. The molecular weight excluding hydrogens is 284 g/mol. The standard InChI is InChI=1S/C16H22N2O2S/c1-3-10-18(4-2)21(19,20)13-15-7-5-6-14(11-15)12-17-16-8-9-16/h1,5-7,11,16-17H,4,8-10,12-13H2,2H3. The second-order valence-electron chi connectivity index (χ2n) is 5.36. The molecule has 0 aromatic heterocycles. The lowest BCUT2D eigenvalue weighted by atomic mass is 10.1. The van der Waals surface area contributed by atoms with Crippen molar-refractivity contribution < 1.29 is 8.42 Å². The van der Waals surface area contributed by atoms with Crippen LogP contribution in [0.5, 0.6) is 0 Å². The number of terminal acetylenes is 1. The summed E-state index contributed by atoms with van der Waals surface area (Å²) >= 11 is 0. The maximum atomic E-state index is 12.3. The van der Waals surface area contributed by atoms with Crippen LogP contribution in [-0.2, 0) is 22.3 Å². The monoisotopic (exact) mass is 306 g/mol. The smallest absolute Gasteiger partial charge is 0.219 e. The SMILES string of the molecule is C#CCN(CC)S(=O)(=O)Cc1cccc(CNC2CC2)c1. The van der Waals surface area contributed by atoms with Gasteiger partial charge >= 0.3 is 0 Å². The minimum atomic E-state index is -3.35. The molecule has 114 valence electrons. The van der Waals surface area contributed by atoms with E-state index in [0.29, 0.717) is 12.6 Å². The van der Waals surface area contributed by atoms with Gasteiger partial charge in [-0.25, -0.2) is 8.42 Å². The molecule has 1 aromatic carbocycles. The molecule has 1 aliphatic rings. The molecule has 4 nitrogen and oxygen atoms in total. The molecule has 1 N–H and O–H groups in total. The van der Waals surface area contributed by atoms with Gasteiger partial charge in [-0.3, -0.25) is 0 Å². The van der Waals surface area contributed by atoms with Gasteiger partial charge in [0.25, 0.3) is 0 Å². The van der Waals surface area contributed by atoms with Gasteiger partial charge in [0.2, 0.25) is 10.0 Å². The lowest BCUT2D eigenvalue weighted by Gasteiger charge is -2.18. The summed E-state index contributed by atoms with van der Waals surface area (Å²) in [6, 6.07) is 8.37. The second-order valence-corrected chi connectivity index (χ2v) is 7.33. The first-order valence-corrected chi connectivity index (χ1v) is 8.88. The average molecular weight is 306 g/mol. The summed E-state index contributed by atoms with van der Waals surface area (Å²) in [4.78, 5) is 0. The molecule has 0 heterocycles. The lowest BCUT2D eigenvalue weighted by molar-refractivity contribution is 0.463. The molecule has 21 heavy (non-hydrogen) atoms. The molecule has 0 amide bonds. The van der Waals surface area contributed by atoms with Crippen molar-refractivity contribution in [1.29, 1.82) is 0 Å². The second kappa shape index (κ2) is 7.08. The van der Waals surface area contributed by atoms with E-state index < -0.39 is 10.0 Å². The van der Waals surface area contributed by atoms with E-state index in [-0.39, 0.29) is 12.3 Å². The fourth-order valence-corrected chi connectivity index (χ4v) is 3.64. The number of nitrogens with zero attached hydrogens (tertiary/aromatic N) is 1. The third kappa shape index (κ3) is 4.85. The highest BCUT2D eigenvalue weighted by Gasteiger charge is 2.21. The summed E-state index contributed by atoms with van der Waals surface area (Å²) in [7, 11) is -3.35. The Balaban J connectivity index is 2.03. The van der Waals surface area contributed by atoms with Gasteiger partial charge in [-0.15, -0.1) is 6.42 Å². The van der Waals surface area contributed by atoms with Gasteiger partial charge in [0, 0.05) is 19.1 Å². The molecule has 0 aliphatic heterocycles.